The summed E-state index contributed by atoms with van der Waals surface area (Å²) < 4.78 is 0. The molecule has 1 aliphatic carbocycles. The monoisotopic (exact) mass is 276 g/mol. The number of nitrogens with zero attached hydrogens (tertiary/aromatic N) is 2. The molecule has 2 fully saturated rings. The van der Waals surface area contributed by atoms with Gasteiger partial charge >= 0.3 is 0 Å². The molecule has 2 unspecified atom stereocenters. The first kappa shape index (κ1) is 15.3. The molecule has 0 spiro atoms. The highest BCUT2D eigenvalue weighted by Gasteiger charge is 2.41. The van der Waals surface area contributed by atoms with E-state index in [9.17, 15) is 4.79 Å². The Morgan fingerprint density at radius 1 is 1.40 bits per heavy atom. The molecule has 3 heteroatoms. The van der Waals surface area contributed by atoms with E-state index in [0.717, 1.165) is 38.5 Å². The van der Waals surface area contributed by atoms with Crippen LogP contribution in [-0.2, 0) is 4.79 Å². The van der Waals surface area contributed by atoms with Crippen LogP contribution < -0.4 is 0 Å². The van der Waals surface area contributed by atoms with Crippen molar-refractivity contribution in [2.75, 3.05) is 26.2 Å². The highest BCUT2D eigenvalue weighted by Crippen LogP contribution is 2.41. The van der Waals surface area contributed by atoms with Crippen molar-refractivity contribution in [3.05, 3.63) is 24.8 Å². The molecule has 20 heavy (non-hydrogen) atoms. The molecule has 112 valence electrons. The maximum Gasteiger partial charge on any atom is 0.246 e. The third kappa shape index (κ3) is 2.98. The van der Waals surface area contributed by atoms with Crippen LogP contribution in [0.15, 0.2) is 24.8 Å². The van der Waals surface area contributed by atoms with Crippen molar-refractivity contribution in [2.24, 2.45) is 5.92 Å². The summed E-state index contributed by atoms with van der Waals surface area (Å²) in [5.41, 5.74) is 1.67. The maximum absolute atomic E-state index is 11.7. The van der Waals surface area contributed by atoms with Crippen LogP contribution in [0.5, 0.6) is 0 Å². The molecule has 0 bridgehead atoms. The number of hydrogen-bond donors (Lipinski definition) is 0. The first-order valence-electron chi connectivity index (χ1n) is 7.84. The molecular weight excluding hydrogens is 248 g/mol. The van der Waals surface area contributed by atoms with Crippen LogP contribution in [0, 0.1) is 5.92 Å². The Balaban J connectivity index is 2.05. The molecule has 1 saturated carbocycles. The fourth-order valence-electron chi connectivity index (χ4n) is 4.09. The summed E-state index contributed by atoms with van der Waals surface area (Å²) in [6, 6.07) is 0. The summed E-state index contributed by atoms with van der Waals surface area (Å²) in [7, 11) is 0. The Morgan fingerprint density at radius 2 is 2.05 bits per heavy atom. The van der Waals surface area contributed by atoms with Gasteiger partial charge in [-0.05, 0) is 37.7 Å². The molecule has 0 aromatic carbocycles. The van der Waals surface area contributed by atoms with E-state index in [-0.39, 0.29) is 11.4 Å². The van der Waals surface area contributed by atoms with Crippen molar-refractivity contribution in [2.45, 2.75) is 45.1 Å². The number of amides is 1. The second-order valence-electron chi connectivity index (χ2n) is 6.53. The average Bonchev–Trinajstić information content (AvgIpc) is 2.45. The summed E-state index contributed by atoms with van der Waals surface area (Å²) in [6.07, 6.45) is 6.17. The number of hydrogen-bond acceptors (Lipinski definition) is 2. The van der Waals surface area contributed by atoms with Gasteiger partial charge in [-0.25, -0.2) is 0 Å². The van der Waals surface area contributed by atoms with Crippen molar-refractivity contribution in [1.82, 2.24) is 9.80 Å². The number of rotatable bonds is 3. The largest absolute Gasteiger partial charge is 0.337 e. The maximum atomic E-state index is 11.7. The first-order valence-corrected chi connectivity index (χ1v) is 7.84. The van der Waals surface area contributed by atoms with E-state index in [2.05, 4.69) is 31.9 Å². The Kier molecular flexibility index (Phi) is 4.69. The lowest BCUT2D eigenvalue weighted by atomic mass is 9.71. The summed E-state index contributed by atoms with van der Waals surface area (Å²) >= 11 is 0. The molecule has 1 saturated heterocycles. The van der Waals surface area contributed by atoms with E-state index in [1.165, 1.54) is 30.9 Å². The molecule has 0 aromatic heterocycles. The SMILES string of the molecule is C=CC(=O)N1CCN(C2(CC)CC(=C)CC(C)C2)CC1. The van der Waals surface area contributed by atoms with Gasteiger partial charge in [-0.2, -0.15) is 0 Å². The highest BCUT2D eigenvalue weighted by molar-refractivity contribution is 5.87. The summed E-state index contributed by atoms with van der Waals surface area (Å²) in [6.45, 7) is 16.1. The molecule has 0 aromatic rings. The minimum Gasteiger partial charge on any atom is -0.337 e. The van der Waals surface area contributed by atoms with Crippen LogP contribution >= 0.6 is 0 Å². The zero-order chi connectivity index (χ0) is 14.8. The van der Waals surface area contributed by atoms with Gasteiger partial charge in [0, 0.05) is 31.7 Å². The van der Waals surface area contributed by atoms with Gasteiger partial charge in [0.15, 0.2) is 0 Å². The molecule has 0 radical (unpaired) electrons. The van der Waals surface area contributed by atoms with E-state index < -0.39 is 0 Å². The fraction of sp³-hybridized carbons (Fsp3) is 0.706. The Morgan fingerprint density at radius 3 is 2.55 bits per heavy atom. The third-order valence-electron chi connectivity index (χ3n) is 5.04. The van der Waals surface area contributed by atoms with E-state index in [0.29, 0.717) is 0 Å². The zero-order valence-corrected chi connectivity index (χ0v) is 13.0. The van der Waals surface area contributed by atoms with Crippen molar-refractivity contribution < 1.29 is 4.79 Å². The molecule has 2 atom stereocenters. The van der Waals surface area contributed by atoms with Gasteiger partial charge < -0.3 is 4.90 Å². The highest BCUT2D eigenvalue weighted by atomic mass is 16.2. The molecule has 0 N–H and O–H groups in total. The van der Waals surface area contributed by atoms with Crippen LogP contribution in [0.1, 0.15) is 39.5 Å². The molecule has 1 heterocycles. The quantitative estimate of drug-likeness (QED) is 0.584. The van der Waals surface area contributed by atoms with Gasteiger partial charge in [-0.1, -0.05) is 32.6 Å². The minimum absolute atomic E-state index is 0.0663. The topological polar surface area (TPSA) is 23.6 Å². The van der Waals surface area contributed by atoms with E-state index in [1.807, 2.05) is 4.90 Å². The second kappa shape index (κ2) is 6.13. The zero-order valence-electron chi connectivity index (χ0n) is 13.0. The molecule has 1 amide bonds. The molecule has 3 nitrogen and oxygen atoms in total. The van der Waals surface area contributed by atoms with Crippen molar-refractivity contribution in [3.8, 4) is 0 Å². The standard InChI is InChI=1S/C17H28N2O/c1-5-16(20)18-7-9-19(10-8-18)17(6-2)12-14(3)11-15(4)13-17/h5,15H,1,3,6-13H2,2,4H3. The summed E-state index contributed by atoms with van der Waals surface area (Å²) in [5, 5.41) is 0. The predicted molar refractivity (Wildman–Crippen MR) is 83.5 cm³/mol. The molecule has 2 rings (SSSR count). The fourth-order valence-corrected chi connectivity index (χ4v) is 4.09. The van der Waals surface area contributed by atoms with Crippen LogP contribution in [0.25, 0.3) is 0 Å². The lowest BCUT2D eigenvalue weighted by molar-refractivity contribution is -0.129. The number of carbonyl (C=O) groups is 1. The van der Waals surface area contributed by atoms with E-state index in [1.54, 1.807) is 0 Å². The van der Waals surface area contributed by atoms with E-state index in [4.69, 9.17) is 0 Å². The minimum atomic E-state index is 0.0663. The van der Waals surface area contributed by atoms with Gasteiger partial charge in [0.1, 0.15) is 0 Å². The predicted octanol–water partition coefficient (Wildman–Crippen LogP) is 2.84. The molecule has 1 aliphatic heterocycles. The Bertz CT molecular complexity index is 396. The van der Waals surface area contributed by atoms with Gasteiger partial charge in [-0.3, -0.25) is 9.69 Å². The van der Waals surface area contributed by atoms with Gasteiger partial charge in [0.2, 0.25) is 5.91 Å². The van der Waals surface area contributed by atoms with Gasteiger partial charge in [-0.15, -0.1) is 0 Å². The normalized spacial score (nSPS) is 32.2. The summed E-state index contributed by atoms with van der Waals surface area (Å²) in [4.78, 5) is 16.2. The lowest BCUT2D eigenvalue weighted by Crippen LogP contribution is -2.59. The Hall–Kier alpha value is -1.09. The number of carbonyl (C=O) groups excluding carboxylic acids is 1. The van der Waals surface area contributed by atoms with Crippen molar-refractivity contribution >= 4 is 5.91 Å². The smallest absolute Gasteiger partial charge is 0.246 e. The molecular formula is C17H28N2O. The molecule has 2 aliphatic rings. The lowest BCUT2D eigenvalue weighted by Gasteiger charge is -2.51. The third-order valence-corrected chi connectivity index (χ3v) is 5.04. The first-order chi connectivity index (χ1) is 9.50. The summed E-state index contributed by atoms with van der Waals surface area (Å²) in [5.74, 6) is 0.792. The van der Waals surface area contributed by atoms with Crippen molar-refractivity contribution in [1.29, 1.82) is 0 Å². The Labute approximate surface area is 123 Å². The van der Waals surface area contributed by atoms with Crippen molar-refractivity contribution in [3.63, 3.8) is 0 Å². The second-order valence-corrected chi connectivity index (χ2v) is 6.53. The number of piperazine rings is 1. The van der Waals surface area contributed by atoms with Gasteiger partial charge in [0.25, 0.3) is 0 Å². The van der Waals surface area contributed by atoms with Crippen LogP contribution in [0.4, 0.5) is 0 Å². The average molecular weight is 276 g/mol. The van der Waals surface area contributed by atoms with Crippen LogP contribution in [0.3, 0.4) is 0 Å². The van der Waals surface area contributed by atoms with Crippen LogP contribution in [0.2, 0.25) is 0 Å². The van der Waals surface area contributed by atoms with Crippen LogP contribution in [-0.4, -0.2) is 47.4 Å². The van der Waals surface area contributed by atoms with E-state index >= 15 is 0 Å². The van der Waals surface area contributed by atoms with Gasteiger partial charge in [0.05, 0.1) is 0 Å².